The minimum absolute atomic E-state index is 0.0313. The fourth-order valence-electron chi connectivity index (χ4n) is 3.41. The number of likely N-dealkylation sites (tertiary alicyclic amines) is 1. The minimum Gasteiger partial charge on any atom is -0.448 e. The molecule has 5 nitrogen and oxygen atoms in total. The van der Waals surface area contributed by atoms with Crippen molar-refractivity contribution in [2.75, 3.05) is 13.1 Å². The standard InChI is InChI=1S/C24H27NO4/c1-17-7-11-19(12-8-17)23(28)24(20-13-9-18(2)10-14-20)29-22(27)16-25-15-5-3-4-6-21(25)26/h7-14,24H,3-6,15-16H2,1-2H3/t24-/m1/s1. The van der Waals surface area contributed by atoms with E-state index in [1.54, 1.807) is 24.3 Å². The average Bonchev–Trinajstić information content (AvgIpc) is 2.91. The first kappa shape index (κ1) is 20.8. The largest absolute Gasteiger partial charge is 0.448 e. The van der Waals surface area contributed by atoms with Crippen LogP contribution < -0.4 is 0 Å². The molecule has 0 N–H and O–H groups in total. The summed E-state index contributed by atoms with van der Waals surface area (Å²) >= 11 is 0. The van der Waals surface area contributed by atoms with E-state index in [9.17, 15) is 14.4 Å². The van der Waals surface area contributed by atoms with Crippen LogP contribution in [0, 0.1) is 13.8 Å². The van der Waals surface area contributed by atoms with Gasteiger partial charge in [0, 0.05) is 24.1 Å². The van der Waals surface area contributed by atoms with Crippen molar-refractivity contribution in [3.8, 4) is 0 Å². The first-order chi connectivity index (χ1) is 13.9. The van der Waals surface area contributed by atoms with Crippen LogP contribution in [0.5, 0.6) is 0 Å². The third-order valence-electron chi connectivity index (χ3n) is 5.19. The van der Waals surface area contributed by atoms with Crippen molar-refractivity contribution in [1.29, 1.82) is 0 Å². The highest BCUT2D eigenvalue weighted by atomic mass is 16.5. The maximum Gasteiger partial charge on any atom is 0.326 e. The van der Waals surface area contributed by atoms with Crippen molar-refractivity contribution in [3.05, 3.63) is 70.8 Å². The highest BCUT2D eigenvalue weighted by molar-refractivity contribution is 6.01. The molecule has 0 bridgehead atoms. The summed E-state index contributed by atoms with van der Waals surface area (Å²) < 4.78 is 5.63. The smallest absolute Gasteiger partial charge is 0.326 e. The Kier molecular flexibility index (Phi) is 6.81. The van der Waals surface area contributed by atoms with Crippen molar-refractivity contribution in [2.24, 2.45) is 0 Å². The summed E-state index contributed by atoms with van der Waals surface area (Å²) in [6, 6.07) is 14.6. The molecule has 2 aromatic carbocycles. The van der Waals surface area contributed by atoms with Crippen LogP contribution in [0.4, 0.5) is 0 Å². The second-order valence-corrected chi connectivity index (χ2v) is 7.64. The Morgan fingerprint density at radius 1 is 0.931 bits per heavy atom. The molecule has 2 aromatic rings. The monoisotopic (exact) mass is 393 g/mol. The molecule has 0 unspecified atom stereocenters. The van der Waals surface area contributed by atoms with E-state index < -0.39 is 12.1 Å². The van der Waals surface area contributed by atoms with Crippen LogP contribution in [-0.2, 0) is 14.3 Å². The van der Waals surface area contributed by atoms with Crippen molar-refractivity contribution in [2.45, 2.75) is 45.6 Å². The Balaban J connectivity index is 1.79. The van der Waals surface area contributed by atoms with Gasteiger partial charge in [0.1, 0.15) is 6.54 Å². The number of amides is 1. The highest BCUT2D eigenvalue weighted by Gasteiger charge is 2.28. The molecule has 152 valence electrons. The molecule has 1 heterocycles. The van der Waals surface area contributed by atoms with Gasteiger partial charge in [-0.25, -0.2) is 0 Å². The van der Waals surface area contributed by atoms with E-state index in [0.717, 1.165) is 30.4 Å². The van der Waals surface area contributed by atoms with Crippen LogP contribution in [0.1, 0.15) is 58.8 Å². The summed E-state index contributed by atoms with van der Waals surface area (Å²) in [5, 5.41) is 0. The molecular weight excluding hydrogens is 366 g/mol. The number of hydrogen-bond donors (Lipinski definition) is 0. The van der Waals surface area contributed by atoms with Gasteiger partial charge in [0.15, 0.2) is 6.10 Å². The van der Waals surface area contributed by atoms with Crippen molar-refractivity contribution < 1.29 is 19.1 Å². The van der Waals surface area contributed by atoms with Gasteiger partial charge in [-0.15, -0.1) is 0 Å². The lowest BCUT2D eigenvalue weighted by molar-refractivity contribution is -0.152. The number of ketones is 1. The molecule has 0 spiro atoms. The fraction of sp³-hybridized carbons (Fsp3) is 0.375. The summed E-state index contributed by atoms with van der Waals surface area (Å²) in [5.74, 6) is -0.869. The average molecular weight is 393 g/mol. The summed E-state index contributed by atoms with van der Waals surface area (Å²) in [4.78, 5) is 39.5. The van der Waals surface area contributed by atoms with Crippen LogP contribution >= 0.6 is 0 Å². The topological polar surface area (TPSA) is 63.7 Å². The molecule has 1 aliphatic heterocycles. The zero-order valence-corrected chi connectivity index (χ0v) is 17.0. The van der Waals surface area contributed by atoms with Crippen LogP contribution in [0.15, 0.2) is 48.5 Å². The van der Waals surface area contributed by atoms with Crippen molar-refractivity contribution in [3.63, 3.8) is 0 Å². The molecule has 1 fully saturated rings. The fourth-order valence-corrected chi connectivity index (χ4v) is 3.41. The Morgan fingerprint density at radius 2 is 1.55 bits per heavy atom. The third kappa shape index (κ3) is 5.53. The molecule has 5 heteroatoms. The van der Waals surface area contributed by atoms with Crippen LogP contribution in [0.25, 0.3) is 0 Å². The predicted molar refractivity (Wildman–Crippen MR) is 111 cm³/mol. The number of rotatable bonds is 6. The maximum absolute atomic E-state index is 13.1. The van der Waals surface area contributed by atoms with Gasteiger partial charge in [-0.1, -0.05) is 66.1 Å². The lowest BCUT2D eigenvalue weighted by Crippen LogP contribution is -2.37. The van der Waals surface area contributed by atoms with Gasteiger partial charge in [-0.05, 0) is 26.7 Å². The molecule has 1 atom stereocenters. The van der Waals surface area contributed by atoms with E-state index in [-0.39, 0.29) is 18.2 Å². The van der Waals surface area contributed by atoms with Crippen LogP contribution in [-0.4, -0.2) is 35.6 Å². The Morgan fingerprint density at radius 3 is 2.21 bits per heavy atom. The number of hydrogen-bond acceptors (Lipinski definition) is 4. The van der Waals surface area contributed by atoms with Gasteiger partial charge in [-0.3, -0.25) is 14.4 Å². The third-order valence-corrected chi connectivity index (χ3v) is 5.19. The molecule has 0 aromatic heterocycles. The zero-order chi connectivity index (χ0) is 20.8. The summed E-state index contributed by atoms with van der Waals surface area (Å²) in [6.07, 6.45) is 2.13. The number of aryl methyl sites for hydroxylation is 2. The lowest BCUT2D eigenvalue weighted by atomic mass is 9.98. The molecule has 29 heavy (non-hydrogen) atoms. The first-order valence-corrected chi connectivity index (χ1v) is 10.1. The van der Waals surface area contributed by atoms with E-state index in [1.165, 1.54) is 4.90 Å². The number of carbonyl (C=O) groups excluding carboxylic acids is 3. The van der Waals surface area contributed by atoms with E-state index >= 15 is 0 Å². The Bertz CT molecular complexity index is 871. The number of carbonyl (C=O) groups is 3. The Hall–Kier alpha value is -2.95. The predicted octanol–water partition coefficient (Wildman–Crippen LogP) is 4.17. The normalized spacial score (nSPS) is 15.5. The number of Topliss-reactive ketones (excluding diaryl/α,β-unsaturated/α-hetero) is 1. The quantitative estimate of drug-likeness (QED) is 0.546. The molecule has 3 rings (SSSR count). The van der Waals surface area contributed by atoms with Gasteiger partial charge in [0.25, 0.3) is 0 Å². The van der Waals surface area contributed by atoms with Crippen molar-refractivity contribution >= 4 is 17.7 Å². The first-order valence-electron chi connectivity index (χ1n) is 10.1. The second-order valence-electron chi connectivity index (χ2n) is 7.64. The van der Waals surface area contributed by atoms with Crippen LogP contribution in [0.2, 0.25) is 0 Å². The Labute approximate surface area is 171 Å². The molecule has 1 saturated heterocycles. The number of benzene rings is 2. The number of nitrogens with zero attached hydrogens (tertiary/aromatic N) is 1. The van der Waals surface area contributed by atoms with Gasteiger partial charge in [0.2, 0.25) is 11.7 Å². The van der Waals surface area contributed by atoms with Gasteiger partial charge < -0.3 is 9.64 Å². The second kappa shape index (κ2) is 9.50. The highest BCUT2D eigenvalue weighted by Crippen LogP contribution is 2.24. The van der Waals surface area contributed by atoms with E-state index in [4.69, 9.17) is 4.74 Å². The number of esters is 1. The van der Waals surface area contributed by atoms with Gasteiger partial charge >= 0.3 is 5.97 Å². The minimum atomic E-state index is -1.03. The number of ether oxygens (including phenoxy) is 1. The molecule has 0 saturated carbocycles. The van der Waals surface area contributed by atoms with E-state index in [2.05, 4.69) is 0 Å². The van der Waals surface area contributed by atoms with Crippen LogP contribution in [0.3, 0.4) is 0 Å². The summed E-state index contributed by atoms with van der Waals surface area (Å²) in [5.41, 5.74) is 3.21. The SMILES string of the molecule is Cc1ccc(C(=O)[C@H](OC(=O)CN2CCCCCC2=O)c2ccc(C)cc2)cc1. The van der Waals surface area contributed by atoms with Crippen molar-refractivity contribution in [1.82, 2.24) is 4.90 Å². The maximum atomic E-state index is 13.1. The van der Waals surface area contributed by atoms with Gasteiger partial charge in [0.05, 0.1) is 0 Å². The van der Waals surface area contributed by atoms with E-state index in [1.807, 2.05) is 38.1 Å². The molecule has 0 aliphatic carbocycles. The zero-order valence-electron chi connectivity index (χ0n) is 17.0. The molecule has 0 radical (unpaired) electrons. The lowest BCUT2D eigenvalue weighted by Gasteiger charge is -2.22. The molecule has 1 aliphatic rings. The molecule has 1 amide bonds. The van der Waals surface area contributed by atoms with Gasteiger partial charge in [-0.2, -0.15) is 0 Å². The van der Waals surface area contributed by atoms with E-state index in [0.29, 0.717) is 24.1 Å². The summed E-state index contributed by atoms with van der Waals surface area (Å²) in [6.45, 7) is 4.33. The summed E-state index contributed by atoms with van der Waals surface area (Å²) in [7, 11) is 0. The molecular formula is C24H27NO4.